The number of aromatic nitrogens is 1. The number of hydrogen-bond donors (Lipinski definition) is 1. The molecule has 0 fully saturated rings. The van der Waals surface area contributed by atoms with Crippen LogP contribution in [0.15, 0.2) is 55.0 Å². The molecule has 0 aliphatic carbocycles. The number of nitrogens with zero attached hydrogens (tertiary/aromatic N) is 1. The van der Waals surface area contributed by atoms with Gasteiger partial charge in [-0.2, -0.15) is 0 Å². The monoisotopic (exact) mass is 414 g/mol. The Morgan fingerprint density at radius 3 is 2.65 bits per heavy atom. The predicted molar refractivity (Wildman–Crippen MR) is 90.6 cm³/mol. The fourth-order valence-electron chi connectivity index (χ4n) is 1.76. The lowest BCUT2D eigenvalue weighted by molar-refractivity contribution is 0.430. The Balaban J connectivity index is 1.89. The molecule has 0 amide bonds. The lowest BCUT2D eigenvalue weighted by Crippen LogP contribution is -2.12. The molecule has 120 valence electrons. The number of halogens is 1. The Kier molecular flexibility index (Phi) is 4.42. The van der Waals surface area contributed by atoms with Gasteiger partial charge in [0.25, 0.3) is 15.9 Å². The van der Waals surface area contributed by atoms with Crippen molar-refractivity contribution in [3.05, 3.63) is 51.9 Å². The standard InChI is InChI=1S/C14H11BrN2O4S2/c1-9-12(15)13(21-16-9)17-23(18,19)14-11(7-8-22-14)20-10-5-3-2-4-6-10/h2-8,17H,1H3. The van der Waals surface area contributed by atoms with Gasteiger partial charge in [0, 0.05) is 0 Å². The molecule has 9 heteroatoms. The van der Waals surface area contributed by atoms with Gasteiger partial charge in [-0.05, 0) is 46.4 Å². The van der Waals surface area contributed by atoms with Crippen molar-refractivity contribution in [3.8, 4) is 11.5 Å². The summed E-state index contributed by atoms with van der Waals surface area (Å²) in [6.07, 6.45) is 0. The molecule has 2 heterocycles. The molecule has 0 unspecified atom stereocenters. The highest BCUT2D eigenvalue weighted by Crippen LogP contribution is 2.36. The van der Waals surface area contributed by atoms with Gasteiger partial charge in [0.05, 0.1) is 5.69 Å². The number of thiophene rings is 1. The first-order valence-corrected chi connectivity index (χ1v) is 9.58. The first-order chi connectivity index (χ1) is 11.0. The minimum Gasteiger partial charge on any atom is -0.455 e. The third-order valence-electron chi connectivity index (χ3n) is 2.83. The van der Waals surface area contributed by atoms with Crippen LogP contribution in [0.4, 0.5) is 5.88 Å². The van der Waals surface area contributed by atoms with E-state index in [0.717, 1.165) is 11.3 Å². The summed E-state index contributed by atoms with van der Waals surface area (Å²) in [7, 11) is -3.85. The van der Waals surface area contributed by atoms with Crippen molar-refractivity contribution in [1.29, 1.82) is 0 Å². The second-order valence-corrected chi connectivity index (χ2v) is 8.09. The van der Waals surface area contributed by atoms with Gasteiger partial charge >= 0.3 is 0 Å². The summed E-state index contributed by atoms with van der Waals surface area (Å²) >= 11 is 4.28. The molecule has 3 rings (SSSR count). The van der Waals surface area contributed by atoms with Gasteiger partial charge in [0.1, 0.15) is 10.2 Å². The molecule has 1 aromatic carbocycles. The van der Waals surface area contributed by atoms with Crippen LogP contribution in [0.5, 0.6) is 11.5 Å². The molecule has 23 heavy (non-hydrogen) atoms. The van der Waals surface area contributed by atoms with Crippen molar-refractivity contribution >= 4 is 43.2 Å². The zero-order valence-corrected chi connectivity index (χ0v) is 15.0. The summed E-state index contributed by atoms with van der Waals surface area (Å²) in [5.41, 5.74) is 0.551. The maximum absolute atomic E-state index is 12.5. The zero-order valence-electron chi connectivity index (χ0n) is 11.8. The van der Waals surface area contributed by atoms with Gasteiger partial charge < -0.3 is 9.26 Å². The van der Waals surface area contributed by atoms with Crippen LogP contribution in [0.2, 0.25) is 0 Å². The van der Waals surface area contributed by atoms with E-state index in [-0.39, 0.29) is 15.8 Å². The number of ether oxygens (including phenoxy) is 1. The Morgan fingerprint density at radius 1 is 1.26 bits per heavy atom. The highest BCUT2D eigenvalue weighted by atomic mass is 79.9. The fraction of sp³-hybridized carbons (Fsp3) is 0.0714. The van der Waals surface area contributed by atoms with Gasteiger partial charge in [-0.1, -0.05) is 23.4 Å². The molecule has 0 aliphatic heterocycles. The number of benzene rings is 1. The summed E-state index contributed by atoms with van der Waals surface area (Å²) in [5, 5.41) is 5.34. The smallest absolute Gasteiger partial charge is 0.277 e. The Labute approximate surface area is 145 Å². The first-order valence-electron chi connectivity index (χ1n) is 6.42. The van der Waals surface area contributed by atoms with E-state index in [1.54, 1.807) is 30.5 Å². The first kappa shape index (κ1) is 16.0. The van der Waals surface area contributed by atoms with Crippen molar-refractivity contribution < 1.29 is 17.7 Å². The number of rotatable bonds is 5. The second-order valence-electron chi connectivity index (χ2n) is 4.50. The van der Waals surface area contributed by atoms with Gasteiger partial charge in [-0.25, -0.2) is 13.1 Å². The molecule has 0 aliphatic rings. The average molecular weight is 415 g/mol. The lowest BCUT2D eigenvalue weighted by Gasteiger charge is -2.08. The Bertz CT molecular complexity index is 919. The van der Waals surface area contributed by atoms with Crippen molar-refractivity contribution in [2.24, 2.45) is 0 Å². The molecule has 6 nitrogen and oxygen atoms in total. The number of para-hydroxylation sites is 1. The SMILES string of the molecule is Cc1noc(NS(=O)(=O)c2sccc2Oc2ccccc2)c1Br. The van der Waals surface area contributed by atoms with E-state index in [2.05, 4.69) is 25.8 Å². The number of nitrogens with one attached hydrogen (secondary N) is 1. The van der Waals surface area contributed by atoms with E-state index in [1.165, 1.54) is 0 Å². The molecule has 3 aromatic rings. The van der Waals surface area contributed by atoms with E-state index in [4.69, 9.17) is 9.26 Å². The maximum atomic E-state index is 12.5. The molecule has 0 spiro atoms. The Morgan fingerprint density at radius 2 is 2.00 bits per heavy atom. The number of sulfonamides is 1. The van der Waals surface area contributed by atoms with Crippen LogP contribution in [0.25, 0.3) is 0 Å². The number of aryl methyl sites for hydroxylation is 1. The third-order valence-corrected chi connectivity index (χ3v) is 6.54. The van der Waals surface area contributed by atoms with Crippen LogP contribution in [0.3, 0.4) is 0 Å². The molecule has 1 N–H and O–H groups in total. The molecule has 0 atom stereocenters. The summed E-state index contributed by atoms with van der Waals surface area (Å²) in [5.74, 6) is 0.835. The normalized spacial score (nSPS) is 11.4. The van der Waals surface area contributed by atoms with Gasteiger partial charge in [0.2, 0.25) is 0 Å². The molecular weight excluding hydrogens is 404 g/mol. The molecule has 2 aromatic heterocycles. The zero-order chi connectivity index (χ0) is 16.4. The van der Waals surface area contributed by atoms with E-state index >= 15 is 0 Å². The van der Waals surface area contributed by atoms with E-state index < -0.39 is 10.0 Å². The second kappa shape index (κ2) is 6.34. The fourth-order valence-corrected chi connectivity index (χ4v) is 4.33. The predicted octanol–water partition coefficient (Wildman–Crippen LogP) is 4.40. The van der Waals surface area contributed by atoms with Crippen molar-refractivity contribution in [3.63, 3.8) is 0 Å². The molecule has 0 saturated carbocycles. The van der Waals surface area contributed by atoms with E-state index in [0.29, 0.717) is 15.9 Å². The van der Waals surface area contributed by atoms with E-state index in [9.17, 15) is 8.42 Å². The molecule has 0 saturated heterocycles. The summed E-state index contributed by atoms with van der Waals surface area (Å²) in [4.78, 5) is 0. The highest BCUT2D eigenvalue weighted by Gasteiger charge is 2.25. The highest BCUT2D eigenvalue weighted by molar-refractivity contribution is 9.10. The number of hydrogen-bond acceptors (Lipinski definition) is 6. The van der Waals surface area contributed by atoms with Crippen LogP contribution < -0.4 is 9.46 Å². The largest absolute Gasteiger partial charge is 0.455 e. The van der Waals surface area contributed by atoms with Gasteiger partial charge in [-0.15, -0.1) is 11.3 Å². The van der Waals surface area contributed by atoms with Gasteiger partial charge in [0.15, 0.2) is 9.96 Å². The Hall–Kier alpha value is -1.84. The minimum absolute atomic E-state index is 0.0292. The molecular formula is C14H11BrN2O4S2. The van der Waals surface area contributed by atoms with Crippen molar-refractivity contribution in [2.75, 3.05) is 4.72 Å². The quantitative estimate of drug-likeness (QED) is 0.668. The van der Waals surface area contributed by atoms with E-state index in [1.807, 2.05) is 18.2 Å². The van der Waals surface area contributed by atoms with Crippen LogP contribution in [0.1, 0.15) is 5.69 Å². The lowest BCUT2D eigenvalue weighted by atomic mass is 10.3. The van der Waals surface area contributed by atoms with Crippen molar-refractivity contribution in [2.45, 2.75) is 11.1 Å². The van der Waals surface area contributed by atoms with Crippen LogP contribution >= 0.6 is 27.3 Å². The van der Waals surface area contributed by atoms with Gasteiger partial charge in [-0.3, -0.25) is 0 Å². The van der Waals surface area contributed by atoms with Crippen LogP contribution in [-0.4, -0.2) is 13.6 Å². The van der Waals surface area contributed by atoms with Crippen LogP contribution in [-0.2, 0) is 10.0 Å². The summed E-state index contributed by atoms with van der Waals surface area (Å²) in [6.45, 7) is 1.69. The minimum atomic E-state index is -3.85. The topological polar surface area (TPSA) is 81.4 Å². The molecule has 0 radical (unpaired) electrons. The average Bonchev–Trinajstić information content (AvgIpc) is 3.11. The maximum Gasteiger partial charge on any atom is 0.277 e. The molecule has 0 bridgehead atoms. The summed E-state index contributed by atoms with van der Waals surface area (Å²) < 4.78 is 38.6. The summed E-state index contributed by atoms with van der Waals surface area (Å²) in [6, 6.07) is 10.6. The number of anilines is 1. The van der Waals surface area contributed by atoms with Crippen LogP contribution in [0, 0.1) is 6.92 Å². The third kappa shape index (κ3) is 3.41. The van der Waals surface area contributed by atoms with Crippen molar-refractivity contribution in [1.82, 2.24) is 5.16 Å².